The van der Waals surface area contributed by atoms with Crippen molar-refractivity contribution in [1.82, 2.24) is 9.55 Å². The fourth-order valence-electron chi connectivity index (χ4n) is 3.63. The first-order valence-corrected chi connectivity index (χ1v) is 8.92. The number of nitrogens with zero attached hydrogens (tertiary/aromatic N) is 2. The number of hydrogen-bond acceptors (Lipinski definition) is 1. The molecule has 1 aromatic heterocycles. The second kappa shape index (κ2) is 6.75. The van der Waals surface area contributed by atoms with Crippen molar-refractivity contribution < 1.29 is 9.80 Å². The van der Waals surface area contributed by atoms with Gasteiger partial charge in [-0.25, -0.2) is 4.98 Å². The lowest BCUT2D eigenvalue weighted by atomic mass is 10.2. The van der Waals surface area contributed by atoms with Gasteiger partial charge in [0.15, 0.2) is 5.82 Å². The van der Waals surface area contributed by atoms with Crippen LogP contribution in [0.2, 0.25) is 0 Å². The summed E-state index contributed by atoms with van der Waals surface area (Å²) < 4.78 is 2.41. The van der Waals surface area contributed by atoms with E-state index in [0.29, 0.717) is 0 Å². The van der Waals surface area contributed by atoms with Gasteiger partial charge in [-0.05, 0) is 17.7 Å². The number of aromatic nitrogens is 2. The van der Waals surface area contributed by atoms with Crippen molar-refractivity contribution in [3.8, 4) is 0 Å². The molecule has 1 fully saturated rings. The summed E-state index contributed by atoms with van der Waals surface area (Å²) in [4.78, 5) is 8.26. The highest BCUT2D eigenvalue weighted by atomic mass is 15.3. The van der Waals surface area contributed by atoms with E-state index in [2.05, 4.69) is 66.2 Å². The van der Waals surface area contributed by atoms with Crippen LogP contribution in [0.4, 0.5) is 0 Å². The van der Waals surface area contributed by atoms with Gasteiger partial charge in [0.2, 0.25) is 0 Å². The number of fused-ring (bicyclic) bond motifs is 1. The number of hydrogen-bond donors (Lipinski definition) is 2. The second-order valence-corrected chi connectivity index (χ2v) is 6.97. The van der Waals surface area contributed by atoms with Gasteiger partial charge >= 0.3 is 0 Å². The van der Waals surface area contributed by atoms with Crippen molar-refractivity contribution in [2.75, 3.05) is 33.2 Å². The molecule has 4 nitrogen and oxygen atoms in total. The summed E-state index contributed by atoms with van der Waals surface area (Å²) in [6, 6.07) is 19.2. The molecule has 0 aliphatic carbocycles. The third-order valence-electron chi connectivity index (χ3n) is 5.14. The van der Waals surface area contributed by atoms with Gasteiger partial charge in [0.05, 0.1) is 18.1 Å². The molecule has 124 valence electrons. The van der Waals surface area contributed by atoms with Crippen molar-refractivity contribution in [3.05, 3.63) is 66.0 Å². The lowest BCUT2D eigenvalue weighted by Crippen LogP contribution is -3.26. The molecule has 0 saturated carbocycles. The SMILES string of the molecule is C[NH+]1CC[NH+](Cc2nc3ccccc3n2Cc2ccccc2)CC1. The van der Waals surface area contributed by atoms with Crippen LogP contribution in [0.15, 0.2) is 54.6 Å². The number of nitrogens with one attached hydrogen (secondary N) is 2. The van der Waals surface area contributed by atoms with E-state index in [-0.39, 0.29) is 0 Å². The van der Waals surface area contributed by atoms with Crippen LogP contribution in [0.5, 0.6) is 0 Å². The average Bonchev–Trinajstić information content (AvgIpc) is 2.95. The standard InChI is InChI=1S/C20H24N4/c1-22-11-13-23(14-12-22)16-20-21-18-9-5-6-10-19(18)24(20)15-17-7-3-2-4-8-17/h2-10H,11-16H2,1H3/p+2. The van der Waals surface area contributed by atoms with Crippen molar-refractivity contribution in [1.29, 1.82) is 0 Å². The molecule has 3 aromatic rings. The first kappa shape index (κ1) is 15.4. The molecule has 24 heavy (non-hydrogen) atoms. The molecular weight excluding hydrogens is 296 g/mol. The minimum absolute atomic E-state index is 0.898. The monoisotopic (exact) mass is 322 g/mol. The highest BCUT2D eigenvalue weighted by molar-refractivity contribution is 5.76. The molecule has 1 aliphatic heterocycles. The third-order valence-corrected chi connectivity index (χ3v) is 5.14. The summed E-state index contributed by atoms with van der Waals surface area (Å²) in [5.41, 5.74) is 3.69. The fraction of sp³-hybridized carbons (Fsp3) is 0.350. The highest BCUT2D eigenvalue weighted by Crippen LogP contribution is 2.17. The number of piperazine rings is 1. The Bertz CT molecular complexity index is 801. The van der Waals surface area contributed by atoms with Crippen LogP contribution in [0.3, 0.4) is 0 Å². The smallest absolute Gasteiger partial charge is 0.165 e. The molecular formula is C20H26N4+2. The molecule has 1 saturated heterocycles. The number of quaternary nitrogens is 2. The minimum Gasteiger partial charge on any atom is -0.328 e. The zero-order valence-electron chi connectivity index (χ0n) is 14.3. The Morgan fingerprint density at radius 1 is 0.917 bits per heavy atom. The predicted molar refractivity (Wildman–Crippen MR) is 96.3 cm³/mol. The Kier molecular flexibility index (Phi) is 4.32. The van der Waals surface area contributed by atoms with E-state index in [1.807, 2.05) is 0 Å². The molecule has 0 amide bonds. The van der Waals surface area contributed by atoms with Crippen LogP contribution < -0.4 is 9.80 Å². The Hall–Kier alpha value is -2.17. The molecule has 4 rings (SSSR count). The van der Waals surface area contributed by atoms with Crippen LogP contribution in [0, 0.1) is 0 Å². The number of rotatable bonds is 4. The third kappa shape index (κ3) is 3.21. The van der Waals surface area contributed by atoms with Crippen LogP contribution >= 0.6 is 0 Å². The largest absolute Gasteiger partial charge is 0.328 e. The number of imidazole rings is 1. The van der Waals surface area contributed by atoms with Gasteiger partial charge in [0, 0.05) is 6.54 Å². The second-order valence-electron chi connectivity index (χ2n) is 6.97. The lowest BCUT2D eigenvalue weighted by Gasteiger charge is -2.27. The quantitative estimate of drug-likeness (QED) is 0.695. The summed E-state index contributed by atoms with van der Waals surface area (Å²) in [7, 11) is 2.29. The molecule has 4 heteroatoms. The Morgan fingerprint density at radius 3 is 2.42 bits per heavy atom. The summed E-state index contributed by atoms with van der Waals surface area (Å²) in [6.45, 7) is 6.91. The molecule has 0 atom stereocenters. The van der Waals surface area contributed by atoms with Crippen molar-refractivity contribution >= 4 is 11.0 Å². The molecule has 1 aliphatic rings. The van der Waals surface area contributed by atoms with E-state index in [1.165, 1.54) is 43.1 Å². The van der Waals surface area contributed by atoms with E-state index in [9.17, 15) is 0 Å². The maximum absolute atomic E-state index is 4.96. The number of para-hydroxylation sites is 2. The number of likely N-dealkylation sites (N-methyl/N-ethyl adjacent to an activating group) is 1. The summed E-state index contributed by atoms with van der Waals surface area (Å²) >= 11 is 0. The average molecular weight is 322 g/mol. The molecule has 0 bridgehead atoms. The topological polar surface area (TPSA) is 26.7 Å². The summed E-state index contributed by atoms with van der Waals surface area (Å²) in [5.74, 6) is 1.22. The molecule has 2 aromatic carbocycles. The van der Waals surface area contributed by atoms with Crippen molar-refractivity contribution in [3.63, 3.8) is 0 Å². The normalized spacial score (nSPS) is 21.2. The number of benzene rings is 2. The van der Waals surface area contributed by atoms with Gasteiger partial charge in [-0.2, -0.15) is 0 Å². The summed E-state index contributed by atoms with van der Waals surface area (Å²) in [6.07, 6.45) is 0. The fourth-order valence-corrected chi connectivity index (χ4v) is 3.63. The minimum atomic E-state index is 0.898. The zero-order valence-corrected chi connectivity index (χ0v) is 14.3. The first-order valence-electron chi connectivity index (χ1n) is 8.92. The van der Waals surface area contributed by atoms with Gasteiger partial charge < -0.3 is 14.4 Å². The van der Waals surface area contributed by atoms with Crippen LogP contribution in [-0.4, -0.2) is 42.8 Å². The van der Waals surface area contributed by atoms with E-state index in [1.54, 1.807) is 9.80 Å². The Labute approximate surface area is 143 Å². The van der Waals surface area contributed by atoms with Gasteiger partial charge in [-0.1, -0.05) is 42.5 Å². The Morgan fingerprint density at radius 2 is 1.62 bits per heavy atom. The van der Waals surface area contributed by atoms with E-state index in [0.717, 1.165) is 18.6 Å². The van der Waals surface area contributed by atoms with E-state index in [4.69, 9.17) is 4.98 Å². The molecule has 0 radical (unpaired) electrons. The van der Waals surface area contributed by atoms with Gasteiger partial charge in [0.1, 0.15) is 32.7 Å². The van der Waals surface area contributed by atoms with Gasteiger partial charge in [-0.15, -0.1) is 0 Å². The van der Waals surface area contributed by atoms with E-state index < -0.39 is 0 Å². The summed E-state index contributed by atoms with van der Waals surface area (Å²) in [5, 5.41) is 0. The van der Waals surface area contributed by atoms with Crippen molar-refractivity contribution in [2.24, 2.45) is 0 Å². The van der Waals surface area contributed by atoms with Crippen LogP contribution in [-0.2, 0) is 13.1 Å². The molecule has 2 N–H and O–H groups in total. The highest BCUT2D eigenvalue weighted by Gasteiger charge is 2.23. The van der Waals surface area contributed by atoms with Crippen molar-refractivity contribution in [2.45, 2.75) is 13.1 Å². The molecule has 0 spiro atoms. The van der Waals surface area contributed by atoms with Crippen LogP contribution in [0.1, 0.15) is 11.4 Å². The van der Waals surface area contributed by atoms with Gasteiger partial charge in [-0.3, -0.25) is 0 Å². The maximum atomic E-state index is 4.96. The van der Waals surface area contributed by atoms with E-state index >= 15 is 0 Å². The van der Waals surface area contributed by atoms with Gasteiger partial charge in [0.25, 0.3) is 0 Å². The zero-order chi connectivity index (χ0) is 16.4. The Balaban J connectivity index is 1.65. The molecule has 0 unspecified atom stereocenters. The lowest BCUT2D eigenvalue weighted by molar-refractivity contribution is -1.01. The molecule has 2 heterocycles. The van der Waals surface area contributed by atoms with Crippen LogP contribution in [0.25, 0.3) is 11.0 Å². The predicted octanol–water partition coefficient (Wildman–Crippen LogP) is -0.00220. The first-order chi connectivity index (χ1) is 11.8. The maximum Gasteiger partial charge on any atom is 0.165 e.